The maximum atomic E-state index is 15.0. The number of hydrogen-bond donors (Lipinski definition) is 4. The van der Waals surface area contributed by atoms with Crippen LogP contribution < -0.4 is 16.0 Å². The van der Waals surface area contributed by atoms with Crippen LogP contribution >= 0.6 is 11.8 Å². The molecule has 4 rings (SSSR count). The van der Waals surface area contributed by atoms with Gasteiger partial charge in [-0.25, -0.2) is 4.39 Å². The number of sulfonamides is 1. The highest BCUT2D eigenvalue weighted by Gasteiger charge is 2.24. The lowest BCUT2D eigenvalue weighted by Crippen LogP contribution is -2.26. The Bertz CT molecular complexity index is 1270. The molecule has 10 heteroatoms. The minimum Gasteiger partial charge on any atom is -0.378 e. The van der Waals surface area contributed by atoms with E-state index in [0.717, 1.165) is 49.3 Å². The van der Waals surface area contributed by atoms with Crippen molar-refractivity contribution in [2.75, 3.05) is 17.6 Å². The lowest BCUT2D eigenvalue weighted by molar-refractivity contribution is 0.568. The Morgan fingerprint density at radius 2 is 2.18 bits per heavy atom. The maximum Gasteiger partial charge on any atom is 0.287 e. The molecule has 0 bridgehead atoms. The summed E-state index contributed by atoms with van der Waals surface area (Å²) in [7, 11) is -4.30. The van der Waals surface area contributed by atoms with Gasteiger partial charge in [-0.15, -0.1) is 4.40 Å². The van der Waals surface area contributed by atoms with Crippen LogP contribution in [0.4, 0.5) is 10.1 Å². The third-order valence-electron chi connectivity index (χ3n) is 6.01. The lowest BCUT2D eigenvalue weighted by atomic mass is 9.92. The van der Waals surface area contributed by atoms with Gasteiger partial charge in [-0.3, -0.25) is 0 Å². The Morgan fingerprint density at radius 3 is 2.88 bits per heavy atom. The minimum atomic E-state index is -4.30. The summed E-state index contributed by atoms with van der Waals surface area (Å²) in [6, 6.07) is 8.30. The number of thioether (sulfide) groups is 1. The van der Waals surface area contributed by atoms with Crippen molar-refractivity contribution in [3.05, 3.63) is 70.2 Å². The SMILES string of the molecule is CCC1=CNC(=NS(=O)(=O)c2cc(C=N)c(NC(C)c3cccc4c3CNCC4)cc2F)SC1. The van der Waals surface area contributed by atoms with Gasteiger partial charge in [0.05, 0.1) is 0 Å². The van der Waals surface area contributed by atoms with Gasteiger partial charge in [0.1, 0.15) is 10.7 Å². The van der Waals surface area contributed by atoms with Crippen LogP contribution in [0, 0.1) is 11.2 Å². The highest BCUT2D eigenvalue weighted by molar-refractivity contribution is 8.14. The first-order valence-electron chi connectivity index (χ1n) is 11.2. The first kappa shape index (κ1) is 24.4. The van der Waals surface area contributed by atoms with E-state index in [4.69, 9.17) is 5.41 Å². The van der Waals surface area contributed by atoms with E-state index >= 15 is 4.39 Å². The maximum absolute atomic E-state index is 15.0. The topological polar surface area (TPSA) is 106 Å². The number of amidine groups is 1. The molecule has 0 saturated heterocycles. The zero-order valence-corrected chi connectivity index (χ0v) is 20.7. The molecule has 0 amide bonds. The van der Waals surface area contributed by atoms with Gasteiger partial charge in [-0.2, -0.15) is 8.42 Å². The van der Waals surface area contributed by atoms with E-state index in [1.54, 1.807) is 6.20 Å². The predicted molar refractivity (Wildman–Crippen MR) is 137 cm³/mol. The largest absolute Gasteiger partial charge is 0.378 e. The molecule has 1 atom stereocenters. The minimum absolute atomic E-state index is 0.168. The molecule has 0 aliphatic carbocycles. The van der Waals surface area contributed by atoms with Gasteiger partial charge < -0.3 is 21.4 Å². The first-order valence-corrected chi connectivity index (χ1v) is 13.6. The molecular weight excluding hydrogens is 473 g/mol. The molecule has 0 radical (unpaired) electrons. The van der Waals surface area contributed by atoms with E-state index in [-0.39, 0.29) is 16.8 Å². The summed E-state index contributed by atoms with van der Waals surface area (Å²) in [5, 5.41) is 17.5. The third-order valence-corrected chi connectivity index (χ3v) is 8.41. The Kier molecular flexibility index (Phi) is 7.39. The highest BCUT2D eigenvalue weighted by Crippen LogP contribution is 2.31. The number of nitrogens with one attached hydrogen (secondary N) is 4. The predicted octanol–water partition coefficient (Wildman–Crippen LogP) is 4.32. The number of rotatable bonds is 7. The second-order valence-corrected chi connectivity index (χ2v) is 10.8. The molecule has 0 aromatic heterocycles. The standard InChI is InChI=1S/C24H28FN5O2S2/c1-3-16-12-28-24(33-14-16)30-34(31,32)23-9-18(11-26)22(10-21(23)25)29-15(2)19-6-4-5-17-7-8-27-13-20(17)19/h4-6,9-12,15,26-27,29H,3,7-8,13-14H2,1-2H3,(H,28,30). The van der Waals surface area contributed by atoms with Crippen molar-refractivity contribution in [3.8, 4) is 0 Å². The molecule has 0 fully saturated rings. The number of nitrogens with zero attached hydrogens (tertiary/aromatic N) is 1. The third kappa shape index (κ3) is 5.18. The Hall–Kier alpha value is -2.69. The average Bonchev–Trinajstić information content (AvgIpc) is 2.84. The number of hydrogen-bond acceptors (Lipinski definition) is 6. The summed E-state index contributed by atoms with van der Waals surface area (Å²) < 4.78 is 44.5. The number of benzene rings is 2. The molecule has 7 nitrogen and oxygen atoms in total. The Morgan fingerprint density at radius 1 is 1.35 bits per heavy atom. The average molecular weight is 502 g/mol. The quantitative estimate of drug-likeness (QED) is 0.421. The number of anilines is 1. The molecule has 2 aromatic carbocycles. The van der Waals surface area contributed by atoms with E-state index in [1.165, 1.54) is 29.0 Å². The Labute approximate surface area is 203 Å². The molecule has 180 valence electrons. The van der Waals surface area contributed by atoms with Gasteiger partial charge >= 0.3 is 0 Å². The molecule has 2 aromatic rings. The number of fused-ring (bicyclic) bond motifs is 1. The van der Waals surface area contributed by atoms with E-state index < -0.39 is 20.7 Å². The van der Waals surface area contributed by atoms with Gasteiger partial charge in [0.25, 0.3) is 10.0 Å². The van der Waals surface area contributed by atoms with Gasteiger partial charge in [-0.1, -0.05) is 36.9 Å². The van der Waals surface area contributed by atoms with Crippen LogP contribution in [0.5, 0.6) is 0 Å². The van der Waals surface area contributed by atoms with Gasteiger partial charge in [0.2, 0.25) is 0 Å². The molecule has 0 spiro atoms. The van der Waals surface area contributed by atoms with E-state index in [2.05, 4.69) is 26.4 Å². The lowest BCUT2D eigenvalue weighted by Gasteiger charge is -2.25. The van der Waals surface area contributed by atoms with Crippen LogP contribution in [0.2, 0.25) is 0 Å². The molecular formula is C24H28FN5O2S2. The second kappa shape index (κ2) is 10.3. The van der Waals surface area contributed by atoms with Crippen molar-refractivity contribution in [1.29, 1.82) is 5.41 Å². The fourth-order valence-corrected chi connectivity index (χ4v) is 6.30. The molecule has 2 heterocycles. The fourth-order valence-electron chi connectivity index (χ4n) is 4.09. The molecule has 2 aliphatic rings. The molecule has 34 heavy (non-hydrogen) atoms. The van der Waals surface area contributed by atoms with Crippen molar-refractivity contribution in [3.63, 3.8) is 0 Å². The summed E-state index contributed by atoms with van der Waals surface area (Å²) in [5.41, 5.74) is 5.36. The first-order chi connectivity index (χ1) is 16.3. The van der Waals surface area contributed by atoms with Crippen LogP contribution in [-0.4, -0.2) is 32.1 Å². The second-order valence-electron chi connectivity index (χ2n) is 8.25. The van der Waals surface area contributed by atoms with Crippen molar-refractivity contribution in [2.45, 2.75) is 44.2 Å². The smallest absolute Gasteiger partial charge is 0.287 e. The van der Waals surface area contributed by atoms with Crippen LogP contribution in [0.25, 0.3) is 0 Å². The van der Waals surface area contributed by atoms with E-state index in [9.17, 15) is 8.42 Å². The summed E-state index contributed by atoms with van der Waals surface area (Å²) in [6.07, 6.45) is 4.56. The number of halogens is 1. The monoisotopic (exact) mass is 501 g/mol. The van der Waals surface area contributed by atoms with Crippen molar-refractivity contribution in [2.24, 2.45) is 4.40 Å². The van der Waals surface area contributed by atoms with E-state index in [0.29, 0.717) is 11.4 Å². The highest BCUT2D eigenvalue weighted by atomic mass is 32.2. The summed E-state index contributed by atoms with van der Waals surface area (Å²) in [6.45, 7) is 5.69. The van der Waals surface area contributed by atoms with Crippen molar-refractivity contribution >= 4 is 38.9 Å². The van der Waals surface area contributed by atoms with Crippen LogP contribution in [0.1, 0.15) is 48.6 Å². The van der Waals surface area contributed by atoms with Crippen LogP contribution in [0.15, 0.2) is 51.4 Å². The van der Waals surface area contributed by atoms with E-state index in [1.807, 2.05) is 26.0 Å². The summed E-state index contributed by atoms with van der Waals surface area (Å²) >= 11 is 1.26. The fraction of sp³-hybridized carbons (Fsp3) is 0.333. The molecule has 1 unspecified atom stereocenters. The van der Waals surface area contributed by atoms with Crippen molar-refractivity contribution in [1.82, 2.24) is 10.6 Å². The van der Waals surface area contributed by atoms with Gasteiger partial charge in [0, 0.05) is 42.0 Å². The van der Waals surface area contributed by atoms with Crippen LogP contribution in [0.3, 0.4) is 0 Å². The van der Waals surface area contributed by atoms with Gasteiger partial charge in [0.15, 0.2) is 5.17 Å². The molecule has 2 aliphatic heterocycles. The van der Waals surface area contributed by atoms with Gasteiger partial charge in [-0.05, 0) is 60.7 Å². The summed E-state index contributed by atoms with van der Waals surface area (Å²) in [4.78, 5) is -0.550. The summed E-state index contributed by atoms with van der Waals surface area (Å²) in [5.74, 6) is -0.280. The zero-order chi connectivity index (χ0) is 24.3. The molecule has 0 saturated carbocycles. The van der Waals surface area contributed by atoms with Crippen LogP contribution in [-0.2, 0) is 23.0 Å². The molecule has 4 N–H and O–H groups in total. The Balaban J connectivity index is 1.62. The zero-order valence-electron chi connectivity index (χ0n) is 19.1. The normalized spacial score (nSPS) is 18.0. The van der Waals surface area contributed by atoms with Crippen molar-refractivity contribution < 1.29 is 12.8 Å².